The van der Waals surface area contributed by atoms with Crippen molar-refractivity contribution in [3.63, 3.8) is 0 Å². The van der Waals surface area contributed by atoms with Crippen molar-refractivity contribution in [3.05, 3.63) is 47.3 Å². The van der Waals surface area contributed by atoms with Crippen LogP contribution in [0.5, 0.6) is 0 Å². The highest BCUT2D eigenvalue weighted by molar-refractivity contribution is 7.91. The standard InChI is InChI=1S/C20H25N3O4S2/c1-15-7-9-16(10-8-15)22-20(25)19(24)21-12-11-17-5-2-3-13-23(17)29(26,27)18-6-4-14-28-18/h4,6-10,14,17H,2-3,5,11-13H2,1H3,(H,21,24)(H,22,25)/t17-/m1/s1. The van der Waals surface area contributed by atoms with Crippen LogP contribution in [-0.4, -0.2) is 43.7 Å². The van der Waals surface area contributed by atoms with E-state index < -0.39 is 21.8 Å². The highest BCUT2D eigenvalue weighted by Gasteiger charge is 2.33. The Morgan fingerprint density at radius 2 is 1.90 bits per heavy atom. The number of piperidine rings is 1. The minimum Gasteiger partial charge on any atom is -0.348 e. The molecule has 29 heavy (non-hydrogen) atoms. The van der Waals surface area contributed by atoms with Crippen molar-refractivity contribution < 1.29 is 18.0 Å². The summed E-state index contributed by atoms with van der Waals surface area (Å²) in [5, 5.41) is 6.90. The van der Waals surface area contributed by atoms with Crippen molar-refractivity contribution in [3.8, 4) is 0 Å². The van der Waals surface area contributed by atoms with Crippen LogP contribution in [0.1, 0.15) is 31.2 Å². The van der Waals surface area contributed by atoms with E-state index in [-0.39, 0.29) is 12.6 Å². The molecule has 156 valence electrons. The fourth-order valence-corrected chi connectivity index (χ4v) is 6.21. The minimum absolute atomic E-state index is 0.184. The molecule has 9 heteroatoms. The summed E-state index contributed by atoms with van der Waals surface area (Å²) in [6.45, 7) is 2.65. The Morgan fingerprint density at radius 3 is 2.59 bits per heavy atom. The van der Waals surface area contributed by atoms with E-state index in [0.29, 0.717) is 22.9 Å². The second kappa shape index (κ2) is 9.51. The van der Waals surface area contributed by atoms with E-state index in [0.717, 1.165) is 24.8 Å². The predicted molar refractivity (Wildman–Crippen MR) is 113 cm³/mol. The number of sulfonamides is 1. The molecule has 2 heterocycles. The number of amides is 2. The molecule has 1 atom stereocenters. The number of nitrogens with zero attached hydrogens (tertiary/aromatic N) is 1. The van der Waals surface area contributed by atoms with E-state index >= 15 is 0 Å². The number of carbonyl (C=O) groups excluding carboxylic acids is 2. The molecule has 1 fully saturated rings. The fraction of sp³-hybridized carbons (Fsp3) is 0.400. The van der Waals surface area contributed by atoms with E-state index in [1.807, 2.05) is 19.1 Å². The van der Waals surface area contributed by atoms with Gasteiger partial charge in [0.15, 0.2) is 0 Å². The quantitative estimate of drug-likeness (QED) is 0.682. The first-order valence-corrected chi connectivity index (χ1v) is 11.9. The van der Waals surface area contributed by atoms with Crippen LogP contribution >= 0.6 is 11.3 Å². The number of hydrogen-bond acceptors (Lipinski definition) is 5. The van der Waals surface area contributed by atoms with Gasteiger partial charge in [0.05, 0.1) is 0 Å². The van der Waals surface area contributed by atoms with Gasteiger partial charge in [-0.3, -0.25) is 9.59 Å². The summed E-state index contributed by atoms with van der Waals surface area (Å²) >= 11 is 1.21. The third-order valence-electron chi connectivity index (χ3n) is 4.91. The number of hydrogen-bond donors (Lipinski definition) is 2. The second-order valence-corrected chi connectivity index (χ2v) is 10.1. The Kier molecular flexibility index (Phi) is 7.05. The molecule has 1 aliphatic rings. The lowest BCUT2D eigenvalue weighted by Crippen LogP contribution is -2.45. The van der Waals surface area contributed by atoms with Gasteiger partial charge in [0, 0.05) is 24.8 Å². The molecule has 1 aromatic carbocycles. The van der Waals surface area contributed by atoms with Gasteiger partial charge in [-0.05, 0) is 49.8 Å². The van der Waals surface area contributed by atoms with E-state index in [1.54, 1.807) is 34.0 Å². The zero-order chi connectivity index (χ0) is 20.9. The van der Waals surface area contributed by atoms with Crippen molar-refractivity contribution in [1.29, 1.82) is 0 Å². The second-order valence-electron chi connectivity index (χ2n) is 7.06. The normalized spacial score (nSPS) is 17.6. The SMILES string of the molecule is Cc1ccc(NC(=O)C(=O)NCC[C@H]2CCCCN2S(=O)(=O)c2cccs2)cc1. The van der Waals surface area contributed by atoms with Crippen LogP contribution in [0.3, 0.4) is 0 Å². The lowest BCUT2D eigenvalue weighted by molar-refractivity contribution is -0.136. The lowest BCUT2D eigenvalue weighted by Gasteiger charge is -2.34. The van der Waals surface area contributed by atoms with Crippen LogP contribution < -0.4 is 10.6 Å². The summed E-state index contributed by atoms with van der Waals surface area (Å²) in [5.41, 5.74) is 1.61. The maximum Gasteiger partial charge on any atom is 0.313 e. The summed E-state index contributed by atoms with van der Waals surface area (Å²) in [6, 6.07) is 10.3. The van der Waals surface area contributed by atoms with Gasteiger partial charge in [-0.25, -0.2) is 8.42 Å². The van der Waals surface area contributed by atoms with Gasteiger partial charge in [0.25, 0.3) is 10.0 Å². The van der Waals surface area contributed by atoms with Gasteiger partial charge in [-0.15, -0.1) is 11.3 Å². The summed E-state index contributed by atoms with van der Waals surface area (Å²) < 4.78 is 27.6. The van der Waals surface area contributed by atoms with Gasteiger partial charge in [-0.2, -0.15) is 4.31 Å². The number of carbonyl (C=O) groups is 2. The topological polar surface area (TPSA) is 95.6 Å². The number of rotatable bonds is 6. The third-order valence-corrected chi connectivity index (χ3v) is 8.23. The molecule has 7 nitrogen and oxygen atoms in total. The van der Waals surface area contributed by atoms with E-state index in [1.165, 1.54) is 11.3 Å². The Balaban J connectivity index is 1.53. The molecule has 1 saturated heterocycles. The summed E-state index contributed by atoms with van der Waals surface area (Å²) in [4.78, 5) is 24.1. The molecule has 1 aliphatic heterocycles. The molecule has 0 unspecified atom stereocenters. The van der Waals surface area contributed by atoms with Crippen molar-refractivity contribution in [2.24, 2.45) is 0 Å². The van der Waals surface area contributed by atoms with Gasteiger partial charge in [-0.1, -0.05) is 30.2 Å². The average molecular weight is 436 g/mol. The highest BCUT2D eigenvalue weighted by Crippen LogP contribution is 2.29. The van der Waals surface area contributed by atoms with Gasteiger partial charge >= 0.3 is 11.8 Å². The zero-order valence-corrected chi connectivity index (χ0v) is 17.9. The molecule has 3 rings (SSSR count). The Morgan fingerprint density at radius 1 is 1.14 bits per heavy atom. The zero-order valence-electron chi connectivity index (χ0n) is 16.3. The number of nitrogens with one attached hydrogen (secondary N) is 2. The van der Waals surface area contributed by atoms with E-state index in [2.05, 4.69) is 10.6 Å². The molecule has 1 aromatic heterocycles. The van der Waals surface area contributed by atoms with E-state index in [9.17, 15) is 18.0 Å². The number of aryl methyl sites for hydroxylation is 1. The molecule has 0 saturated carbocycles. The van der Waals surface area contributed by atoms with E-state index in [4.69, 9.17) is 0 Å². The fourth-order valence-electron chi connectivity index (χ4n) is 3.36. The molecule has 2 N–H and O–H groups in total. The molecule has 0 radical (unpaired) electrons. The minimum atomic E-state index is -3.52. The van der Waals surface area contributed by atoms with Crippen LogP contribution in [0.4, 0.5) is 5.69 Å². The number of benzene rings is 1. The molecule has 0 spiro atoms. The average Bonchev–Trinajstić information content (AvgIpc) is 3.26. The van der Waals surface area contributed by atoms with Gasteiger partial charge in [0.1, 0.15) is 4.21 Å². The van der Waals surface area contributed by atoms with Crippen LogP contribution in [0, 0.1) is 6.92 Å². The monoisotopic (exact) mass is 435 g/mol. The summed E-state index contributed by atoms with van der Waals surface area (Å²) in [6.07, 6.45) is 2.99. The Hall–Kier alpha value is -2.23. The highest BCUT2D eigenvalue weighted by atomic mass is 32.2. The molecular weight excluding hydrogens is 410 g/mol. The van der Waals surface area contributed by atoms with Crippen LogP contribution in [0.15, 0.2) is 46.0 Å². The van der Waals surface area contributed by atoms with Gasteiger partial charge < -0.3 is 10.6 Å². The van der Waals surface area contributed by atoms with Crippen molar-refractivity contribution in [1.82, 2.24) is 9.62 Å². The number of thiophene rings is 1. The Bertz CT molecular complexity index is 941. The van der Waals surface area contributed by atoms with Crippen LogP contribution in [0.2, 0.25) is 0 Å². The maximum absolute atomic E-state index is 12.9. The maximum atomic E-state index is 12.9. The molecule has 0 bridgehead atoms. The molecular formula is C20H25N3O4S2. The largest absolute Gasteiger partial charge is 0.348 e. The van der Waals surface area contributed by atoms with Crippen LogP contribution in [-0.2, 0) is 19.6 Å². The van der Waals surface area contributed by atoms with Crippen molar-refractivity contribution in [2.45, 2.75) is 42.9 Å². The first-order chi connectivity index (χ1) is 13.9. The summed E-state index contributed by atoms with van der Waals surface area (Å²) in [7, 11) is -3.52. The predicted octanol–water partition coefficient (Wildman–Crippen LogP) is 2.74. The van der Waals surface area contributed by atoms with Crippen LogP contribution in [0.25, 0.3) is 0 Å². The van der Waals surface area contributed by atoms with Gasteiger partial charge in [0.2, 0.25) is 0 Å². The lowest BCUT2D eigenvalue weighted by atomic mass is 10.0. The van der Waals surface area contributed by atoms with Crippen molar-refractivity contribution >= 4 is 38.9 Å². The Labute approximate surface area is 175 Å². The van der Waals surface area contributed by atoms with Crippen molar-refractivity contribution in [2.75, 3.05) is 18.4 Å². The third kappa shape index (κ3) is 5.43. The smallest absolute Gasteiger partial charge is 0.313 e. The first kappa shape index (κ1) is 21.5. The molecule has 0 aliphatic carbocycles. The molecule has 2 aromatic rings. The first-order valence-electron chi connectivity index (χ1n) is 9.59. The molecule has 2 amide bonds. The number of anilines is 1. The summed E-state index contributed by atoms with van der Waals surface area (Å²) in [5.74, 6) is -1.46.